The number of halogens is 2. The van der Waals surface area contributed by atoms with Crippen LogP contribution in [0.25, 0.3) is 0 Å². The summed E-state index contributed by atoms with van der Waals surface area (Å²) in [6.07, 6.45) is 10.2. The van der Waals surface area contributed by atoms with Crippen LogP contribution < -0.4 is 9.47 Å². The van der Waals surface area contributed by atoms with Crippen LogP contribution in [-0.2, 0) is 6.42 Å². The zero-order valence-corrected chi connectivity index (χ0v) is 16.9. The number of hydrogen-bond donors (Lipinski definition) is 0. The molecule has 0 fully saturated rings. The molecule has 0 bridgehead atoms. The van der Waals surface area contributed by atoms with E-state index in [1.54, 1.807) is 6.92 Å². The lowest BCUT2D eigenvalue weighted by molar-refractivity contribution is 0.243. The smallest absolute Gasteiger partial charge is 0.204 e. The number of rotatable bonds is 9. The highest BCUT2D eigenvalue weighted by molar-refractivity contribution is 5.35. The Morgan fingerprint density at radius 3 is 2.24 bits per heavy atom. The van der Waals surface area contributed by atoms with Crippen molar-refractivity contribution < 1.29 is 18.3 Å². The van der Waals surface area contributed by atoms with E-state index >= 15 is 0 Å². The maximum Gasteiger partial charge on any atom is 0.204 e. The van der Waals surface area contributed by atoms with Gasteiger partial charge in [0.15, 0.2) is 11.5 Å². The fraction of sp³-hybridized carbons (Fsp3) is 0.360. The van der Waals surface area contributed by atoms with Gasteiger partial charge in [0, 0.05) is 11.8 Å². The molecule has 2 atom stereocenters. The average molecular weight is 398 g/mol. The summed E-state index contributed by atoms with van der Waals surface area (Å²) in [5, 5.41) is 0. The molecular formula is C25H28F2O2. The third-order valence-electron chi connectivity index (χ3n) is 5.27. The Morgan fingerprint density at radius 1 is 0.966 bits per heavy atom. The van der Waals surface area contributed by atoms with Crippen molar-refractivity contribution in [1.29, 1.82) is 0 Å². The monoisotopic (exact) mass is 398 g/mol. The van der Waals surface area contributed by atoms with Crippen LogP contribution in [0.2, 0.25) is 0 Å². The van der Waals surface area contributed by atoms with E-state index in [-0.39, 0.29) is 24.0 Å². The fourth-order valence-electron chi connectivity index (χ4n) is 3.58. The maximum absolute atomic E-state index is 14.1. The molecule has 0 radical (unpaired) electrons. The van der Waals surface area contributed by atoms with Crippen molar-refractivity contribution in [2.45, 2.75) is 38.5 Å². The quantitative estimate of drug-likeness (QED) is 0.443. The molecule has 4 heteroatoms. The predicted molar refractivity (Wildman–Crippen MR) is 113 cm³/mol. The molecule has 29 heavy (non-hydrogen) atoms. The van der Waals surface area contributed by atoms with E-state index < -0.39 is 11.6 Å². The van der Waals surface area contributed by atoms with E-state index in [1.807, 2.05) is 6.08 Å². The van der Waals surface area contributed by atoms with Crippen LogP contribution in [0.4, 0.5) is 8.78 Å². The second-order valence-electron chi connectivity index (χ2n) is 7.33. The Bertz CT molecular complexity index is 843. The fourth-order valence-corrected chi connectivity index (χ4v) is 3.58. The van der Waals surface area contributed by atoms with Gasteiger partial charge in [-0.2, -0.15) is 8.78 Å². The highest BCUT2D eigenvalue weighted by Crippen LogP contribution is 2.32. The van der Waals surface area contributed by atoms with Crippen LogP contribution >= 0.6 is 0 Å². The molecule has 0 heterocycles. The van der Waals surface area contributed by atoms with E-state index in [2.05, 4.69) is 43.0 Å². The van der Waals surface area contributed by atoms with Crippen LogP contribution in [0.15, 0.2) is 61.2 Å². The van der Waals surface area contributed by atoms with Gasteiger partial charge in [-0.15, -0.1) is 6.58 Å². The minimum Gasteiger partial charge on any atom is -0.491 e. The molecule has 1 aliphatic rings. The molecule has 0 N–H and O–H groups in total. The van der Waals surface area contributed by atoms with E-state index in [9.17, 15) is 8.78 Å². The first kappa shape index (κ1) is 21.1. The molecule has 0 saturated heterocycles. The Morgan fingerprint density at radius 2 is 1.66 bits per heavy atom. The van der Waals surface area contributed by atoms with Crippen LogP contribution in [0, 0.1) is 17.6 Å². The van der Waals surface area contributed by atoms with Gasteiger partial charge in [0.25, 0.3) is 0 Å². The molecule has 154 valence electrons. The van der Waals surface area contributed by atoms with Gasteiger partial charge >= 0.3 is 0 Å². The molecule has 2 aromatic rings. The maximum atomic E-state index is 14.1. The van der Waals surface area contributed by atoms with Crippen LogP contribution in [0.5, 0.6) is 11.5 Å². The van der Waals surface area contributed by atoms with Crippen molar-refractivity contribution in [2.75, 3.05) is 13.2 Å². The van der Waals surface area contributed by atoms with Gasteiger partial charge in [-0.25, -0.2) is 0 Å². The minimum atomic E-state index is -1.000. The van der Waals surface area contributed by atoms with Crippen molar-refractivity contribution >= 4 is 0 Å². The van der Waals surface area contributed by atoms with Crippen molar-refractivity contribution in [2.24, 2.45) is 5.92 Å². The summed E-state index contributed by atoms with van der Waals surface area (Å²) in [6, 6.07) is 11.6. The molecule has 0 spiro atoms. The molecule has 0 aliphatic heterocycles. The lowest BCUT2D eigenvalue weighted by Crippen LogP contribution is -2.15. The molecular weight excluding hydrogens is 370 g/mol. The van der Waals surface area contributed by atoms with Crippen LogP contribution in [-0.4, -0.2) is 13.2 Å². The van der Waals surface area contributed by atoms with E-state index in [1.165, 1.54) is 23.3 Å². The molecule has 1 aliphatic carbocycles. The first-order valence-corrected chi connectivity index (χ1v) is 10.2. The summed E-state index contributed by atoms with van der Waals surface area (Å²) in [4.78, 5) is 0. The Hall–Kier alpha value is -2.62. The summed E-state index contributed by atoms with van der Waals surface area (Å²) in [7, 11) is 0. The Balaban J connectivity index is 1.55. The number of benzene rings is 2. The standard InChI is InChI=1S/C25H28F2O2/c1-3-5-6-18-7-11-20(12-8-18)21-13-9-19(10-14-21)17-29-23-16-15-22(28-4-2)24(26)25(23)27/h3,7-9,11-13,15-16,19,21H,1,4-6,10,14,17H2,2H3. The first-order valence-electron chi connectivity index (χ1n) is 10.2. The zero-order chi connectivity index (χ0) is 20.6. The molecule has 0 amide bonds. The average Bonchev–Trinajstić information content (AvgIpc) is 2.76. The van der Waals surface area contributed by atoms with Gasteiger partial charge in [0.05, 0.1) is 13.2 Å². The van der Waals surface area contributed by atoms with E-state index in [0.717, 1.165) is 25.7 Å². The third kappa shape index (κ3) is 5.47. The van der Waals surface area contributed by atoms with Gasteiger partial charge in [-0.05, 0) is 55.9 Å². The largest absolute Gasteiger partial charge is 0.491 e. The third-order valence-corrected chi connectivity index (χ3v) is 5.27. The number of ether oxygens (including phenoxy) is 2. The number of allylic oxidation sites excluding steroid dienone is 2. The van der Waals surface area contributed by atoms with Crippen molar-refractivity contribution in [3.8, 4) is 11.5 Å². The number of aryl methyl sites for hydroxylation is 1. The van der Waals surface area contributed by atoms with Crippen molar-refractivity contribution in [3.63, 3.8) is 0 Å². The SMILES string of the molecule is C=CCCc1ccc(C2C=CC(COc3ccc(OCC)c(F)c3F)CC2)cc1. The summed E-state index contributed by atoms with van der Waals surface area (Å²) < 4.78 is 38.7. The Labute approximate surface area is 171 Å². The van der Waals surface area contributed by atoms with Gasteiger partial charge in [-0.3, -0.25) is 0 Å². The van der Waals surface area contributed by atoms with Crippen molar-refractivity contribution in [3.05, 3.63) is 84.0 Å². The lowest BCUT2D eigenvalue weighted by Gasteiger charge is -2.23. The zero-order valence-electron chi connectivity index (χ0n) is 16.9. The van der Waals surface area contributed by atoms with Gasteiger partial charge < -0.3 is 9.47 Å². The molecule has 0 saturated carbocycles. The van der Waals surface area contributed by atoms with Crippen molar-refractivity contribution in [1.82, 2.24) is 0 Å². The highest BCUT2D eigenvalue weighted by Gasteiger charge is 2.20. The highest BCUT2D eigenvalue weighted by atomic mass is 19.2. The number of hydrogen-bond acceptors (Lipinski definition) is 2. The normalized spacial score (nSPS) is 18.4. The second kappa shape index (κ2) is 10.2. The molecule has 2 unspecified atom stereocenters. The van der Waals surface area contributed by atoms with Gasteiger partial charge in [0.2, 0.25) is 11.6 Å². The molecule has 0 aromatic heterocycles. The summed E-state index contributed by atoms with van der Waals surface area (Å²) in [5.74, 6) is -1.58. The van der Waals surface area contributed by atoms with Gasteiger partial charge in [0.1, 0.15) is 0 Å². The lowest BCUT2D eigenvalue weighted by atomic mass is 9.84. The summed E-state index contributed by atoms with van der Waals surface area (Å²) in [6.45, 7) is 6.10. The van der Waals surface area contributed by atoms with E-state index in [0.29, 0.717) is 12.5 Å². The van der Waals surface area contributed by atoms with Crippen LogP contribution in [0.1, 0.15) is 43.2 Å². The van der Waals surface area contributed by atoms with E-state index in [4.69, 9.17) is 9.47 Å². The topological polar surface area (TPSA) is 18.5 Å². The molecule has 2 aromatic carbocycles. The Kier molecular flexibility index (Phi) is 7.45. The van der Waals surface area contributed by atoms with Gasteiger partial charge in [-0.1, -0.05) is 42.5 Å². The first-order chi connectivity index (χ1) is 14.1. The minimum absolute atomic E-state index is 0.0726. The summed E-state index contributed by atoms with van der Waals surface area (Å²) in [5.41, 5.74) is 2.63. The van der Waals surface area contributed by atoms with Crippen LogP contribution in [0.3, 0.4) is 0 Å². The summed E-state index contributed by atoms with van der Waals surface area (Å²) >= 11 is 0. The predicted octanol–water partition coefficient (Wildman–Crippen LogP) is 6.61. The molecule has 3 rings (SSSR count). The molecule has 2 nitrogen and oxygen atoms in total. The second-order valence-corrected chi connectivity index (χ2v) is 7.33.